The van der Waals surface area contributed by atoms with E-state index < -0.39 is 11.9 Å². The van der Waals surface area contributed by atoms with E-state index in [4.69, 9.17) is 14.2 Å². The van der Waals surface area contributed by atoms with Gasteiger partial charge in [0.1, 0.15) is 41.6 Å². The topological polar surface area (TPSA) is 177 Å². The summed E-state index contributed by atoms with van der Waals surface area (Å²) in [7, 11) is 0. The van der Waals surface area contributed by atoms with Gasteiger partial charge in [-0.05, 0) is 45.1 Å². The summed E-state index contributed by atoms with van der Waals surface area (Å²) < 4.78 is 19.1. The van der Waals surface area contributed by atoms with Gasteiger partial charge in [-0.3, -0.25) is 19.2 Å². The number of fused-ring (bicyclic) bond motifs is 2. The number of benzene rings is 1. The summed E-state index contributed by atoms with van der Waals surface area (Å²) >= 11 is 0. The predicted octanol–water partition coefficient (Wildman–Crippen LogP) is 5.34. The normalized spacial score (nSPS) is 11.5. The van der Waals surface area contributed by atoms with Crippen molar-refractivity contribution in [1.82, 2.24) is 29.2 Å². The number of hydrogen-bond acceptors (Lipinski definition) is 12. The second-order valence-electron chi connectivity index (χ2n) is 12.2. The lowest BCUT2D eigenvalue weighted by molar-refractivity contribution is -0.143. The highest BCUT2D eigenvalue weighted by atomic mass is 16.5. The lowest BCUT2D eigenvalue weighted by Gasteiger charge is -2.15. The quantitative estimate of drug-likeness (QED) is 0.0907. The second-order valence-corrected chi connectivity index (χ2v) is 12.2. The molecule has 282 valence electrons. The van der Waals surface area contributed by atoms with Gasteiger partial charge in [-0.15, -0.1) is 0 Å². The number of Topliss-reactive ketones (excluding diaryl/α,β-unsaturated/α-hetero) is 1. The lowest BCUT2D eigenvalue weighted by Crippen LogP contribution is -2.31. The molecule has 0 spiro atoms. The third-order valence-electron chi connectivity index (χ3n) is 8.29. The summed E-state index contributed by atoms with van der Waals surface area (Å²) in [5.41, 5.74) is 3.54. The predicted molar refractivity (Wildman–Crippen MR) is 198 cm³/mol. The molecule has 0 saturated carbocycles. The zero-order valence-electron chi connectivity index (χ0n) is 30.9. The highest BCUT2D eigenvalue weighted by Gasteiger charge is 2.23. The number of aromatic nitrogens is 6. The van der Waals surface area contributed by atoms with Crippen molar-refractivity contribution in [1.29, 1.82) is 0 Å². The van der Waals surface area contributed by atoms with Crippen LogP contribution in [-0.4, -0.2) is 65.2 Å². The maximum Gasteiger partial charge on any atom is 0.306 e. The lowest BCUT2D eigenvalue weighted by atomic mass is 10.0. The molecule has 0 amide bonds. The van der Waals surface area contributed by atoms with E-state index in [2.05, 4.69) is 34.0 Å². The molecule has 0 aliphatic carbocycles. The minimum absolute atomic E-state index is 0.0109. The van der Waals surface area contributed by atoms with Crippen LogP contribution in [0.5, 0.6) is 5.75 Å². The molecule has 5 rings (SSSR count). The molecular formula is C39H48N6O8. The fourth-order valence-corrected chi connectivity index (χ4v) is 5.64. The van der Waals surface area contributed by atoms with Gasteiger partial charge in [0, 0.05) is 36.4 Å². The fraction of sp³-hybridized carbons (Fsp3) is 0.436. The Morgan fingerprint density at radius 3 is 1.91 bits per heavy atom. The van der Waals surface area contributed by atoms with E-state index in [-0.39, 0.29) is 54.5 Å². The first kappa shape index (κ1) is 40.1. The standard InChI is InChI=1S/C23H27N3O4.C16H21N3O4/c1-3-5-11-18-14-20(30-15-17-9-7-6-8-10-17)22(23-24-16-25-26(18)23)19(27)12-13-21(28)29-4-2;1-3-5-6-11-9-13(21)15(16-17-10-18-19(11)16)12(20)7-8-14(22)23-4-2/h6-10,14,16H,3-5,11-13,15H2,1-2H3;9-10,20H,3-8H2,1-2H3. The number of carbonyl (C=O) groups is 3. The van der Waals surface area contributed by atoms with Gasteiger partial charge >= 0.3 is 11.9 Å². The smallest absolute Gasteiger partial charge is 0.306 e. The van der Waals surface area contributed by atoms with E-state index >= 15 is 0 Å². The Balaban J connectivity index is 0.000000245. The van der Waals surface area contributed by atoms with Gasteiger partial charge in [0.15, 0.2) is 22.5 Å². The maximum atomic E-state index is 13.1. The second kappa shape index (κ2) is 20.4. The number of carbonyl (C=O) groups excluding carboxylic acids is 3. The van der Waals surface area contributed by atoms with Crippen LogP contribution >= 0.6 is 0 Å². The maximum absolute atomic E-state index is 13.1. The molecule has 0 unspecified atom stereocenters. The molecule has 4 heterocycles. The molecule has 1 aromatic carbocycles. The molecule has 0 radical (unpaired) electrons. The fourth-order valence-electron chi connectivity index (χ4n) is 5.64. The van der Waals surface area contributed by atoms with Crippen molar-refractivity contribution in [3.05, 3.63) is 93.1 Å². The molecule has 14 heteroatoms. The number of rotatable bonds is 18. The van der Waals surface area contributed by atoms with Gasteiger partial charge in [-0.1, -0.05) is 57.0 Å². The van der Waals surface area contributed by atoms with Crippen LogP contribution in [-0.2, 0) is 38.5 Å². The first-order chi connectivity index (χ1) is 25.7. The summed E-state index contributed by atoms with van der Waals surface area (Å²) in [6, 6.07) is 13.1. The van der Waals surface area contributed by atoms with Gasteiger partial charge in [-0.25, -0.2) is 19.0 Å². The van der Waals surface area contributed by atoms with E-state index in [1.165, 1.54) is 18.7 Å². The van der Waals surface area contributed by atoms with Crippen molar-refractivity contribution in [3.63, 3.8) is 0 Å². The Hall–Kier alpha value is -5.66. The van der Waals surface area contributed by atoms with Crippen LogP contribution in [0.25, 0.3) is 17.1 Å². The summed E-state index contributed by atoms with van der Waals surface area (Å²) in [6.45, 7) is 8.55. The zero-order chi connectivity index (χ0) is 38.2. The average molecular weight is 729 g/mol. The first-order valence-electron chi connectivity index (χ1n) is 18.2. The van der Waals surface area contributed by atoms with Crippen molar-refractivity contribution in [2.24, 2.45) is 0 Å². The number of hydrogen-bond donors (Lipinski definition) is 1. The Morgan fingerprint density at radius 2 is 1.30 bits per heavy atom. The molecule has 14 nitrogen and oxygen atoms in total. The number of nitrogens with zero attached hydrogens (tertiary/aromatic N) is 6. The molecule has 0 bridgehead atoms. The van der Waals surface area contributed by atoms with Crippen LogP contribution in [0, 0.1) is 0 Å². The van der Waals surface area contributed by atoms with Crippen LogP contribution in [0.4, 0.5) is 0 Å². The average Bonchev–Trinajstić information content (AvgIpc) is 3.85. The number of pyridine rings is 2. The number of ether oxygens (including phenoxy) is 3. The highest BCUT2D eigenvalue weighted by molar-refractivity contribution is 6.05. The molecule has 4 aromatic heterocycles. The summed E-state index contributed by atoms with van der Waals surface area (Å²) in [4.78, 5) is 56.9. The molecule has 53 heavy (non-hydrogen) atoms. The van der Waals surface area contributed by atoms with E-state index in [0.717, 1.165) is 55.5 Å². The van der Waals surface area contributed by atoms with Crippen molar-refractivity contribution in [3.8, 4) is 5.75 Å². The monoisotopic (exact) mass is 728 g/mol. The number of unbranched alkanes of at least 4 members (excludes halogenated alkanes) is 2. The Kier molecular flexibility index (Phi) is 15.4. The van der Waals surface area contributed by atoms with E-state index in [9.17, 15) is 24.3 Å². The molecule has 0 saturated heterocycles. The Bertz CT molecular complexity index is 2090. The highest BCUT2D eigenvalue weighted by Crippen LogP contribution is 2.28. The van der Waals surface area contributed by atoms with E-state index in [0.29, 0.717) is 35.8 Å². The van der Waals surface area contributed by atoms with Crippen molar-refractivity contribution < 1.29 is 33.7 Å². The number of ketones is 1. The van der Waals surface area contributed by atoms with Crippen molar-refractivity contribution in [2.75, 3.05) is 13.2 Å². The van der Waals surface area contributed by atoms with Crippen LogP contribution in [0.15, 0.2) is 59.9 Å². The van der Waals surface area contributed by atoms with Gasteiger partial charge in [0.25, 0.3) is 0 Å². The molecule has 0 atom stereocenters. The summed E-state index contributed by atoms with van der Waals surface area (Å²) in [5, 5.41) is 18.8. The molecule has 1 N–H and O–H groups in total. The van der Waals surface area contributed by atoms with E-state index in [1.807, 2.05) is 36.4 Å². The van der Waals surface area contributed by atoms with Crippen LogP contribution < -0.4 is 15.4 Å². The number of esters is 2. The van der Waals surface area contributed by atoms with Gasteiger partial charge in [0.05, 0.1) is 26.1 Å². The van der Waals surface area contributed by atoms with Gasteiger partial charge in [0.2, 0.25) is 0 Å². The van der Waals surface area contributed by atoms with Crippen LogP contribution in [0.3, 0.4) is 0 Å². The number of aryl methyl sites for hydroxylation is 2. The van der Waals surface area contributed by atoms with Crippen molar-refractivity contribution >= 4 is 34.8 Å². The largest absolute Gasteiger partial charge is 0.511 e. The van der Waals surface area contributed by atoms with Crippen LogP contribution in [0.1, 0.15) is 106 Å². The van der Waals surface area contributed by atoms with Crippen LogP contribution in [0.2, 0.25) is 0 Å². The van der Waals surface area contributed by atoms with Gasteiger partial charge < -0.3 is 19.3 Å². The zero-order valence-corrected chi connectivity index (χ0v) is 30.9. The Morgan fingerprint density at radius 1 is 0.736 bits per heavy atom. The summed E-state index contributed by atoms with van der Waals surface area (Å²) in [6.07, 6.45) is 8.36. The Labute approximate surface area is 307 Å². The van der Waals surface area contributed by atoms with Gasteiger partial charge in [-0.2, -0.15) is 10.2 Å². The summed E-state index contributed by atoms with van der Waals surface area (Å²) in [5.74, 6) is -0.716. The first-order valence-corrected chi connectivity index (χ1v) is 18.2. The molecule has 5 aromatic rings. The molecule has 0 fully saturated rings. The van der Waals surface area contributed by atoms with Crippen molar-refractivity contribution in [2.45, 2.75) is 98.5 Å². The molecule has 0 aliphatic rings. The van der Waals surface area contributed by atoms with E-state index in [1.54, 1.807) is 22.9 Å². The third kappa shape index (κ3) is 10.9. The number of aliphatic hydroxyl groups is 1. The third-order valence-corrected chi connectivity index (χ3v) is 8.29. The molecule has 0 aliphatic heterocycles. The molecular weight excluding hydrogens is 680 g/mol. The SMILES string of the molecule is CCCCc1cc(=O)c(=C(O)CCC(=O)OCC)c2ncnn12.CCCCc1cc(OCc2ccccc2)c(C(=O)CCC(=O)OCC)c2ncnn12. The minimum atomic E-state index is -0.413. The number of aliphatic hydroxyl groups excluding tert-OH is 1. The minimum Gasteiger partial charge on any atom is -0.511 e.